The molecule has 1 amide bonds. The Morgan fingerprint density at radius 1 is 1.06 bits per heavy atom. The Morgan fingerprint density at radius 3 is 2.52 bits per heavy atom. The molecular weight excluding hydrogens is 419 g/mol. The lowest BCUT2D eigenvalue weighted by atomic mass is 10.1. The maximum atomic E-state index is 13.9. The number of nitrogens with zero attached hydrogens (tertiary/aromatic N) is 1. The van der Waals surface area contributed by atoms with Gasteiger partial charge in [0.05, 0.1) is 22.3 Å². The third kappa shape index (κ3) is 4.96. The van der Waals surface area contributed by atoms with Gasteiger partial charge >= 0.3 is 0 Å². The number of hydrogen-bond donors (Lipinski definition) is 3. The van der Waals surface area contributed by atoms with E-state index in [-0.39, 0.29) is 23.0 Å². The third-order valence-corrected chi connectivity index (χ3v) is 5.68. The lowest BCUT2D eigenvalue weighted by Crippen LogP contribution is -2.15. The fourth-order valence-corrected chi connectivity index (χ4v) is 3.75. The van der Waals surface area contributed by atoms with Crippen LogP contribution in [0.2, 0.25) is 0 Å². The second-order valence-corrected chi connectivity index (χ2v) is 8.66. The van der Waals surface area contributed by atoms with Crippen molar-refractivity contribution in [1.29, 1.82) is 0 Å². The molecule has 4 rings (SSSR count). The van der Waals surface area contributed by atoms with E-state index < -0.39 is 10.0 Å². The minimum atomic E-state index is -3.77. The molecule has 0 aliphatic rings. The van der Waals surface area contributed by atoms with Gasteiger partial charge in [0.15, 0.2) is 0 Å². The quantitative estimate of drug-likeness (QED) is 0.429. The molecule has 0 saturated carbocycles. The van der Waals surface area contributed by atoms with Crippen LogP contribution >= 0.6 is 0 Å². The van der Waals surface area contributed by atoms with Crippen LogP contribution in [0.1, 0.15) is 17.0 Å². The molecule has 0 aliphatic carbocycles. The number of H-pyrrole nitrogens is 1. The molecule has 0 spiro atoms. The zero-order chi connectivity index (χ0) is 22.0. The first-order chi connectivity index (χ1) is 14.8. The van der Waals surface area contributed by atoms with Crippen LogP contribution in [0.5, 0.6) is 0 Å². The number of carbonyl (C=O) groups is 1. The van der Waals surface area contributed by atoms with E-state index in [0.29, 0.717) is 34.6 Å². The number of benzene rings is 3. The van der Waals surface area contributed by atoms with Gasteiger partial charge in [0.25, 0.3) is 0 Å². The van der Waals surface area contributed by atoms with Crippen molar-refractivity contribution in [3.05, 3.63) is 89.5 Å². The largest absolute Gasteiger partial charge is 0.342 e. The fraction of sp³-hybridized carbons (Fsp3) is 0.0909. The van der Waals surface area contributed by atoms with Crippen LogP contribution < -0.4 is 10.5 Å². The summed E-state index contributed by atoms with van der Waals surface area (Å²) in [5.41, 5.74) is 3.22. The van der Waals surface area contributed by atoms with Crippen molar-refractivity contribution in [3.63, 3.8) is 0 Å². The smallest absolute Gasteiger partial charge is 0.238 e. The van der Waals surface area contributed by atoms with Crippen molar-refractivity contribution in [3.8, 4) is 0 Å². The number of imidazole rings is 1. The monoisotopic (exact) mass is 438 g/mol. The first-order valence-corrected chi connectivity index (χ1v) is 11.0. The average molecular weight is 438 g/mol. The minimum absolute atomic E-state index is 0.00690. The number of aromatic nitrogens is 2. The SMILES string of the molecule is NS(=O)(=O)c1ccc(CC(=O)Nc2ccc3nc(Cc4ccccc4F)[nH]c3c2)cc1. The van der Waals surface area contributed by atoms with Crippen LogP contribution in [-0.4, -0.2) is 24.3 Å². The second kappa shape index (κ2) is 8.29. The molecule has 7 nitrogen and oxygen atoms in total. The van der Waals surface area contributed by atoms with Crippen LogP contribution in [0, 0.1) is 5.82 Å². The van der Waals surface area contributed by atoms with Gasteiger partial charge in [-0.2, -0.15) is 0 Å². The van der Waals surface area contributed by atoms with Crippen molar-refractivity contribution in [2.75, 3.05) is 5.32 Å². The highest BCUT2D eigenvalue weighted by Crippen LogP contribution is 2.20. The Kier molecular flexibility index (Phi) is 5.53. The predicted molar refractivity (Wildman–Crippen MR) is 115 cm³/mol. The van der Waals surface area contributed by atoms with Crippen LogP contribution in [-0.2, 0) is 27.7 Å². The van der Waals surface area contributed by atoms with Gasteiger partial charge in [-0.05, 0) is 47.5 Å². The number of aromatic amines is 1. The number of sulfonamides is 1. The maximum absolute atomic E-state index is 13.9. The zero-order valence-electron chi connectivity index (χ0n) is 16.3. The molecule has 1 aromatic heterocycles. The van der Waals surface area contributed by atoms with E-state index in [1.807, 2.05) is 0 Å². The summed E-state index contributed by atoms with van der Waals surface area (Å²) in [7, 11) is -3.77. The summed E-state index contributed by atoms with van der Waals surface area (Å²) in [6, 6.07) is 17.6. The van der Waals surface area contributed by atoms with E-state index in [1.165, 1.54) is 18.2 Å². The molecule has 158 valence electrons. The molecule has 0 atom stereocenters. The number of halogens is 1. The molecule has 4 N–H and O–H groups in total. The van der Waals surface area contributed by atoms with Crippen molar-refractivity contribution >= 4 is 32.7 Å². The summed E-state index contributed by atoms with van der Waals surface area (Å²) in [6.45, 7) is 0. The maximum Gasteiger partial charge on any atom is 0.238 e. The summed E-state index contributed by atoms with van der Waals surface area (Å²) in [5.74, 6) is 0.0836. The van der Waals surface area contributed by atoms with E-state index in [1.54, 1.807) is 48.5 Å². The van der Waals surface area contributed by atoms with E-state index in [0.717, 1.165) is 5.52 Å². The van der Waals surface area contributed by atoms with Gasteiger partial charge < -0.3 is 10.3 Å². The van der Waals surface area contributed by atoms with E-state index in [2.05, 4.69) is 15.3 Å². The van der Waals surface area contributed by atoms with Gasteiger partial charge in [0.2, 0.25) is 15.9 Å². The highest BCUT2D eigenvalue weighted by atomic mass is 32.2. The van der Waals surface area contributed by atoms with Gasteiger partial charge in [0.1, 0.15) is 11.6 Å². The van der Waals surface area contributed by atoms with Gasteiger partial charge in [-0.15, -0.1) is 0 Å². The Balaban J connectivity index is 1.45. The standard InChI is InChI=1S/C22H19FN4O3S/c23-18-4-2-1-3-15(18)12-21-26-19-10-7-16(13-20(19)27-21)25-22(28)11-14-5-8-17(9-6-14)31(24,29)30/h1-10,13H,11-12H2,(H,25,28)(H,26,27)(H2,24,29,30). The fourth-order valence-electron chi connectivity index (χ4n) is 3.23. The number of rotatable bonds is 6. The lowest BCUT2D eigenvalue weighted by molar-refractivity contribution is -0.115. The van der Waals surface area contributed by atoms with Crippen LogP contribution in [0.3, 0.4) is 0 Å². The Bertz CT molecular complexity index is 1370. The number of amides is 1. The van der Waals surface area contributed by atoms with Crippen LogP contribution in [0.4, 0.5) is 10.1 Å². The summed E-state index contributed by atoms with van der Waals surface area (Å²) in [6.07, 6.45) is 0.405. The second-order valence-electron chi connectivity index (χ2n) is 7.10. The van der Waals surface area contributed by atoms with Crippen LogP contribution in [0.15, 0.2) is 71.6 Å². The van der Waals surface area contributed by atoms with E-state index >= 15 is 0 Å². The number of carbonyl (C=O) groups excluding carboxylic acids is 1. The van der Waals surface area contributed by atoms with Crippen LogP contribution in [0.25, 0.3) is 11.0 Å². The topological polar surface area (TPSA) is 118 Å². The highest BCUT2D eigenvalue weighted by Gasteiger charge is 2.11. The highest BCUT2D eigenvalue weighted by molar-refractivity contribution is 7.89. The Labute approximate surface area is 178 Å². The summed E-state index contributed by atoms with van der Waals surface area (Å²) in [5, 5.41) is 7.88. The summed E-state index contributed by atoms with van der Waals surface area (Å²) < 4.78 is 36.5. The number of hydrogen-bond acceptors (Lipinski definition) is 4. The van der Waals surface area contributed by atoms with Crippen molar-refractivity contribution in [2.24, 2.45) is 5.14 Å². The van der Waals surface area contributed by atoms with Crippen molar-refractivity contribution < 1.29 is 17.6 Å². The molecule has 0 bridgehead atoms. The number of fused-ring (bicyclic) bond motifs is 1. The molecule has 0 saturated heterocycles. The summed E-state index contributed by atoms with van der Waals surface area (Å²) >= 11 is 0. The molecule has 4 aromatic rings. The normalized spacial score (nSPS) is 11.5. The van der Waals surface area contributed by atoms with Gasteiger partial charge in [0, 0.05) is 12.1 Å². The molecule has 0 fully saturated rings. The third-order valence-electron chi connectivity index (χ3n) is 4.75. The molecular formula is C22H19FN4O3S. The Morgan fingerprint density at radius 2 is 1.81 bits per heavy atom. The molecule has 3 aromatic carbocycles. The number of nitrogens with two attached hydrogens (primary N) is 1. The Hall–Kier alpha value is -3.56. The average Bonchev–Trinajstić information content (AvgIpc) is 3.11. The molecule has 0 radical (unpaired) electrons. The van der Waals surface area contributed by atoms with Crippen molar-refractivity contribution in [2.45, 2.75) is 17.7 Å². The molecule has 31 heavy (non-hydrogen) atoms. The van der Waals surface area contributed by atoms with Gasteiger partial charge in [-0.3, -0.25) is 4.79 Å². The first kappa shape index (κ1) is 20.7. The lowest BCUT2D eigenvalue weighted by Gasteiger charge is -2.06. The number of anilines is 1. The van der Waals surface area contributed by atoms with Gasteiger partial charge in [-0.1, -0.05) is 30.3 Å². The zero-order valence-corrected chi connectivity index (χ0v) is 17.1. The molecule has 1 heterocycles. The number of primary sulfonamides is 1. The molecule has 0 aliphatic heterocycles. The first-order valence-electron chi connectivity index (χ1n) is 9.41. The summed E-state index contributed by atoms with van der Waals surface area (Å²) in [4.78, 5) is 20.0. The van der Waals surface area contributed by atoms with E-state index in [9.17, 15) is 17.6 Å². The predicted octanol–water partition coefficient (Wildman–Crippen LogP) is 3.12. The minimum Gasteiger partial charge on any atom is -0.342 e. The van der Waals surface area contributed by atoms with Crippen molar-refractivity contribution in [1.82, 2.24) is 9.97 Å². The molecule has 0 unspecified atom stereocenters. The number of nitrogens with one attached hydrogen (secondary N) is 2. The van der Waals surface area contributed by atoms with E-state index in [4.69, 9.17) is 5.14 Å². The van der Waals surface area contributed by atoms with Gasteiger partial charge in [-0.25, -0.2) is 22.9 Å². The molecule has 9 heteroatoms.